The first-order valence-corrected chi connectivity index (χ1v) is 7.02. The second-order valence-electron chi connectivity index (χ2n) is 5.25. The van der Waals surface area contributed by atoms with E-state index in [-0.39, 0.29) is 6.03 Å². The molecule has 4 heteroatoms. The number of aryl methyl sites for hydroxylation is 1. The molecular weight excluding hydrogens is 238 g/mol. The monoisotopic (exact) mass is 261 g/mol. The minimum absolute atomic E-state index is 0.0144. The van der Waals surface area contributed by atoms with Gasteiger partial charge in [-0.3, -0.25) is 0 Å². The number of carbonyl (C=O) groups is 1. The van der Waals surface area contributed by atoms with Crippen LogP contribution in [0.5, 0.6) is 0 Å². The molecule has 19 heavy (non-hydrogen) atoms. The van der Waals surface area contributed by atoms with Gasteiger partial charge in [-0.2, -0.15) is 0 Å². The minimum atomic E-state index is 0.0144. The molecule has 0 aliphatic carbocycles. The number of nitrogens with one attached hydrogen (secondary N) is 1. The molecule has 1 aromatic carbocycles. The fraction of sp³-hybridized carbons (Fsp3) is 0.533. The topological polar surface area (TPSA) is 58.4 Å². The van der Waals surface area contributed by atoms with E-state index >= 15 is 0 Å². The summed E-state index contributed by atoms with van der Waals surface area (Å²) >= 11 is 0. The van der Waals surface area contributed by atoms with E-state index in [4.69, 9.17) is 5.73 Å². The lowest BCUT2D eigenvalue weighted by molar-refractivity contribution is 0.180. The number of nitrogens with two attached hydrogens (primary N) is 1. The average molecular weight is 261 g/mol. The summed E-state index contributed by atoms with van der Waals surface area (Å²) in [6.45, 7) is 4.42. The molecular formula is C15H23N3O. The van der Waals surface area contributed by atoms with Crippen LogP contribution >= 0.6 is 0 Å². The highest BCUT2D eigenvalue weighted by atomic mass is 16.2. The van der Waals surface area contributed by atoms with E-state index in [2.05, 4.69) is 5.32 Å². The fourth-order valence-corrected chi connectivity index (χ4v) is 2.57. The Kier molecular flexibility index (Phi) is 4.80. The number of likely N-dealkylation sites (tertiary alicyclic amines) is 1. The Hall–Kier alpha value is -1.55. The molecule has 0 unspecified atom stereocenters. The molecule has 0 aromatic heterocycles. The molecule has 3 N–H and O–H groups in total. The Labute approximate surface area is 115 Å². The molecule has 0 atom stereocenters. The van der Waals surface area contributed by atoms with Gasteiger partial charge in [0, 0.05) is 18.8 Å². The van der Waals surface area contributed by atoms with Crippen molar-refractivity contribution >= 4 is 11.7 Å². The Morgan fingerprint density at radius 3 is 2.68 bits per heavy atom. The van der Waals surface area contributed by atoms with E-state index in [0.717, 1.165) is 50.1 Å². The van der Waals surface area contributed by atoms with Crippen LogP contribution in [0.4, 0.5) is 10.5 Å². The molecule has 1 aliphatic rings. The third-order valence-corrected chi connectivity index (χ3v) is 3.86. The number of hydrogen-bond donors (Lipinski definition) is 2. The van der Waals surface area contributed by atoms with Gasteiger partial charge in [0.1, 0.15) is 0 Å². The quantitative estimate of drug-likeness (QED) is 0.878. The van der Waals surface area contributed by atoms with Gasteiger partial charge in [0.15, 0.2) is 0 Å². The van der Waals surface area contributed by atoms with Crippen LogP contribution in [0.25, 0.3) is 0 Å². The lowest BCUT2D eigenvalue weighted by atomic mass is 9.94. The number of para-hydroxylation sites is 1. The molecule has 1 aliphatic heterocycles. The summed E-state index contributed by atoms with van der Waals surface area (Å²) in [5, 5.41) is 2.99. The van der Waals surface area contributed by atoms with Crippen molar-refractivity contribution in [1.29, 1.82) is 0 Å². The molecule has 1 heterocycles. The summed E-state index contributed by atoms with van der Waals surface area (Å²) in [5.74, 6) is 0.688. The highest BCUT2D eigenvalue weighted by Gasteiger charge is 2.22. The van der Waals surface area contributed by atoms with Gasteiger partial charge in [-0.1, -0.05) is 18.2 Å². The van der Waals surface area contributed by atoms with Gasteiger partial charge in [0.2, 0.25) is 0 Å². The Morgan fingerprint density at radius 2 is 2.05 bits per heavy atom. The zero-order chi connectivity index (χ0) is 13.7. The number of piperidine rings is 1. The first-order valence-electron chi connectivity index (χ1n) is 7.02. The van der Waals surface area contributed by atoms with Crippen LogP contribution in [0.3, 0.4) is 0 Å². The molecule has 104 valence electrons. The van der Waals surface area contributed by atoms with E-state index < -0.39 is 0 Å². The van der Waals surface area contributed by atoms with Gasteiger partial charge in [0.25, 0.3) is 0 Å². The van der Waals surface area contributed by atoms with Crippen LogP contribution in [0.15, 0.2) is 24.3 Å². The summed E-state index contributed by atoms with van der Waals surface area (Å²) in [7, 11) is 0. The van der Waals surface area contributed by atoms with E-state index in [1.807, 2.05) is 36.1 Å². The zero-order valence-electron chi connectivity index (χ0n) is 11.6. The number of hydrogen-bond acceptors (Lipinski definition) is 2. The number of anilines is 1. The van der Waals surface area contributed by atoms with Crippen LogP contribution < -0.4 is 11.1 Å². The lowest BCUT2D eigenvalue weighted by Crippen LogP contribution is -2.41. The number of carbonyl (C=O) groups excluding carboxylic acids is 1. The lowest BCUT2D eigenvalue weighted by Gasteiger charge is -2.32. The van der Waals surface area contributed by atoms with Gasteiger partial charge in [0.05, 0.1) is 0 Å². The number of urea groups is 1. The molecule has 0 radical (unpaired) electrons. The van der Waals surface area contributed by atoms with E-state index in [1.165, 1.54) is 0 Å². The SMILES string of the molecule is Cc1ccccc1NC(=O)N1CCC(CCN)CC1. The predicted molar refractivity (Wildman–Crippen MR) is 78.2 cm³/mol. The predicted octanol–water partition coefficient (Wildman–Crippen LogP) is 2.59. The van der Waals surface area contributed by atoms with Crippen LogP contribution in [0.2, 0.25) is 0 Å². The summed E-state index contributed by atoms with van der Waals surface area (Å²) in [6, 6.07) is 7.87. The maximum Gasteiger partial charge on any atom is 0.321 e. The Bertz CT molecular complexity index is 425. The van der Waals surface area contributed by atoms with Crippen molar-refractivity contribution in [3.8, 4) is 0 Å². The first-order chi connectivity index (χ1) is 9.20. The third-order valence-electron chi connectivity index (χ3n) is 3.86. The van der Waals surface area contributed by atoms with Gasteiger partial charge < -0.3 is 16.0 Å². The van der Waals surface area contributed by atoms with E-state index in [9.17, 15) is 4.79 Å². The average Bonchev–Trinajstić information content (AvgIpc) is 2.42. The van der Waals surface area contributed by atoms with Crippen molar-refractivity contribution in [1.82, 2.24) is 4.90 Å². The van der Waals surface area contributed by atoms with Crippen LogP contribution in [0, 0.1) is 12.8 Å². The molecule has 0 spiro atoms. The summed E-state index contributed by atoms with van der Waals surface area (Å²) in [5.41, 5.74) is 7.57. The molecule has 0 saturated carbocycles. The molecule has 1 fully saturated rings. The van der Waals surface area contributed by atoms with Gasteiger partial charge >= 0.3 is 6.03 Å². The molecule has 2 rings (SSSR count). The minimum Gasteiger partial charge on any atom is -0.330 e. The standard InChI is InChI=1S/C15H23N3O/c1-12-4-2-3-5-14(12)17-15(19)18-10-7-13(6-9-16)8-11-18/h2-5,13H,6-11,16H2,1H3,(H,17,19). The van der Waals surface area contributed by atoms with Crippen molar-refractivity contribution in [3.63, 3.8) is 0 Å². The maximum atomic E-state index is 12.2. The van der Waals surface area contributed by atoms with Gasteiger partial charge in [-0.15, -0.1) is 0 Å². The summed E-state index contributed by atoms with van der Waals surface area (Å²) < 4.78 is 0. The highest BCUT2D eigenvalue weighted by molar-refractivity contribution is 5.90. The van der Waals surface area contributed by atoms with Crippen molar-refractivity contribution in [2.75, 3.05) is 25.0 Å². The Morgan fingerprint density at radius 1 is 1.37 bits per heavy atom. The molecule has 2 amide bonds. The van der Waals surface area contributed by atoms with Crippen LogP contribution in [0.1, 0.15) is 24.8 Å². The van der Waals surface area contributed by atoms with E-state index in [0.29, 0.717) is 5.92 Å². The normalized spacial score (nSPS) is 16.4. The van der Waals surface area contributed by atoms with Crippen molar-refractivity contribution in [2.45, 2.75) is 26.2 Å². The maximum absolute atomic E-state index is 12.2. The summed E-state index contributed by atoms with van der Waals surface area (Å²) in [6.07, 6.45) is 3.21. The summed E-state index contributed by atoms with van der Waals surface area (Å²) in [4.78, 5) is 14.1. The molecule has 4 nitrogen and oxygen atoms in total. The molecule has 0 bridgehead atoms. The first kappa shape index (κ1) is 13.9. The van der Waals surface area contributed by atoms with Crippen molar-refractivity contribution in [3.05, 3.63) is 29.8 Å². The number of nitrogens with zero attached hydrogens (tertiary/aromatic N) is 1. The zero-order valence-corrected chi connectivity index (χ0v) is 11.6. The number of amides is 2. The van der Waals surface area contributed by atoms with Gasteiger partial charge in [-0.05, 0) is 50.3 Å². The largest absolute Gasteiger partial charge is 0.330 e. The second-order valence-corrected chi connectivity index (χ2v) is 5.25. The van der Waals surface area contributed by atoms with Crippen molar-refractivity contribution < 1.29 is 4.79 Å². The van der Waals surface area contributed by atoms with Crippen molar-refractivity contribution in [2.24, 2.45) is 11.7 Å². The highest BCUT2D eigenvalue weighted by Crippen LogP contribution is 2.21. The fourth-order valence-electron chi connectivity index (χ4n) is 2.57. The smallest absolute Gasteiger partial charge is 0.321 e. The number of rotatable bonds is 3. The van der Waals surface area contributed by atoms with Crippen LogP contribution in [-0.4, -0.2) is 30.6 Å². The van der Waals surface area contributed by atoms with Crippen LogP contribution in [-0.2, 0) is 0 Å². The molecule has 1 aromatic rings. The second kappa shape index (κ2) is 6.57. The number of benzene rings is 1. The van der Waals surface area contributed by atoms with E-state index in [1.54, 1.807) is 0 Å². The molecule has 1 saturated heterocycles. The Balaban J connectivity index is 1.87. The van der Waals surface area contributed by atoms with Gasteiger partial charge in [-0.25, -0.2) is 4.79 Å². The third kappa shape index (κ3) is 3.70.